The molecule has 0 spiro atoms. The Morgan fingerprint density at radius 2 is 0.935 bits per heavy atom. The molecule has 0 aliphatic carbocycles. The first kappa shape index (κ1) is 23.0. The van der Waals surface area contributed by atoms with Gasteiger partial charge in [0.15, 0.2) is 0 Å². The molecule has 0 bridgehead atoms. The monoisotopic (exact) mass is 436 g/mol. The summed E-state index contributed by atoms with van der Waals surface area (Å²) in [6, 6.07) is 25.7. The Morgan fingerprint density at radius 1 is 0.581 bits per heavy atom. The fourth-order valence-corrected chi connectivity index (χ4v) is 7.85. The summed E-state index contributed by atoms with van der Waals surface area (Å²) in [5, 5.41) is 3.96. The molecule has 0 heterocycles. The van der Waals surface area contributed by atoms with E-state index in [2.05, 4.69) is 85.5 Å². The van der Waals surface area contributed by atoms with Crippen LogP contribution in [0.25, 0.3) is 0 Å². The number of rotatable bonds is 10. The van der Waals surface area contributed by atoms with Gasteiger partial charge in [0, 0.05) is 0 Å². The van der Waals surface area contributed by atoms with Gasteiger partial charge in [-0.2, -0.15) is 0 Å². The van der Waals surface area contributed by atoms with Crippen LogP contribution in [0, 0.1) is 0 Å². The van der Waals surface area contributed by atoms with E-state index in [1.807, 2.05) is 0 Å². The van der Waals surface area contributed by atoms with Crippen molar-refractivity contribution in [1.29, 1.82) is 0 Å². The first-order valence-corrected chi connectivity index (χ1v) is 12.7. The van der Waals surface area contributed by atoms with E-state index in [9.17, 15) is 0 Å². The molecule has 0 aliphatic rings. The molecule has 164 valence electrons. The summed E-state index contributed by atoms with van der Waals surface area (Å²) in [5.74, 6) is 5.19. The van der Waals surface area contributed by atoms with Gasteiger partial charge < -0.3 is 14.2 Å². The Balaban J connectivity index is 2.26. The second-order valence-electron chi connectivity index (χ2n) is 7.50. The summed E-state index contributed by atoms with van der Waals surface area (Å²) in [6.45, 7) is 0.273. The average Bonchev–Trinajstić information content (AvgIpc) is 2.85. The first-order chi connectivity index (χ1) is 15.2. The smallest absolute Gasteiger partial charge is 0.118 e. The topological polar surface area (TPSA) is 27.7 Å². The van der Waals surface area contributed by atoms with Crippen molar-refractivity contribution >= 4 is 28.6 Å². The lowest BCUT2D eigenvalue weighted by Gasteiger charge is -2.29. The summed E-state index contributed by atoms with van der Waals surface area (Å²) in [7, 11) is 5.13. The number of hydrogen-bond donors (Lipinski definition) is 0. The highest BCUT2D eigenvalue weighted by Gasteiger charge is 2.25. The molecule has 3 nitrogen and oxygen atoms in total. The van der Waals surface area contributed by atoms with Gasteiger partial charge in [0.25, 0.3) is 0 Å². The van der Waals surface area contributed by atoms with Gasteiger partial charge in [0.1, 0.15) is 17.2 Å². The van der Waals surface area contributed by atoms with Crippen LogP contribution in [-0.4, -0.2) is 27.1 Å². The summed E-state index contributed by atoms with van der Waals surface area (Å²) < 4.78 is 16.3. The normalized spacial score (nSPS) is 11.1. The number of unbranched alkanes of at least 4 members (excludes halogenated alkanes) is 3. The van der Waals surface area contributed by atoms with Gasteiger partial charge in [-0.15, -0.1) is 0 Å². The van der Waals surface area contributed by atoms with Crippen molar-refractivity contribution in [2.45, 2.75) is 32.6 Å². The third kappa shape index (κ3) is 5.17. The predicted molar refractivity (Wildman–Crippen MR) is 135 cm³/mol. The summed E-state index contributed by atoms with van der Waals surface area (Å²) >= 11 is 0. The fraction of sp³-hybridized carbons (Fsp3) is 0.296. The van der Waals surface area contributed by atoms with Crippen LogP contribution in [0.3, 0.4) is 0 Å². The van der Waals surface area contributed by atoms with E-state index in [-0.39, 0.29) is 0 Å². The predicted octanol–water partition coefficient (Wildman–Crippen LogP) is 5.39. The zero-order valence-corrected chi connectivity index (χ0v) is 19.9. The van der Waals surface area contributed by atoms with Gasteiger partial charge in [-0.25, -0.2) is 0 Å². The van der Waals surface area contributed by atoms with Crippen LogP contribution in [0.2, 0.25) is 0 Å². The van der Waals surface area contributed by atoms with Gasteiger partial charge in [-0.3, -0.25) is 0 Å². The van der Waals surface area contributed by atoms with E-state index < -0.39 is 6.89 Å². The van der Waals surface area contributed by atoms with E-state index >= 15 is 0 Å². The Bertz CT molecular complexity index is 868. The third-order valence-electron chi connectivity index (χ3n) is 5.65. The van der Waals surface area contributed by atoms with Crippen molar-refractivity contribution in [1.82, 2.24) is 0 Å². The Labute approximate surface area is 187 Å². The highest BCUT2D eigenvalue weighted by Crippen LogP contribution is 2.45. The van der Waals surface area contributed by atoms with E-state index in [1.54, 1.807) is 21.3 Å². The number of hydrogen-bond acceptors (Lipinski definition) is 3. The van der Waals surface area contributed by atoms with Gasteiger partial charge in [-0.05, 0) is 72.0 Å². The van der Waals surface area contributed by atoms with Crippen LogP contribution >= 0.6 is 6.89 Å². The van der Waals surface area contributed by atoms with Crippen molar-refractivity contribution in [2.75, 3.05) is 21.3 Å². The molecular formula is C27H33O3P. The molecule has 0 radical (unpaired) electrons. The second kappa shape index (κ2) is 11.1. The number of methoxy groups -OCH3 is 3. The summed E-state index contributed by atoms with van der Waals surface area (Å²) in [6.07, 6.45) is 4.73. The van der Waals surface area contributed by atoms with Crippen LogP contribution in [0.4, 0.5) is 0 Å². The largest absolute Gasteiger partial charge is 0.497 e. The van der Waals surface area contributed by atoms with Gasteiger partial charge >= 0.3 is 0 Å². The van der Waals surface area contributed by atoms with Crippen LogP contribution in [0.15, 0.2) is 72.8 Å². The molecule has 0 saturated carbocycles. The van der Waals surface area contributed by atoms with E-state index in [4.69, 9.17) is 14.2 Å². The molecule has 31 heavy (non-hydrogen) atoms. The maximum Gasteiger partial charge on any atom is 0.118 e. The molecule has 4 heteroatoms. The zero-order chi connectivity index (χ0) is 22.1. The van der Waals surface area contributed by atoms with Crippen LogP contribution < -0.4 is 30.1 Å². The minimum atomic E-state index is -1.98. The van der Waals surface area contributed by atoms with Crippen molar-refractivity contribution < 1.29 is 14.2 Å². The molecule has 0 unspecified atom stereocenters. The molecule has 0 aliphatic heterocycles. The first-order valence-electron chi connectivity index (χ1n) is 10.8. The molecular weight excluding hydrogens is 403 g/mol. The van der Waals surface area contributed by atoms with E-state index in [0.717, 1.165) is 23.7 Å². The van der Waals surface area contributed by atoms with Crippen molar-refractivity contribution in [3.05, 3.63) is 72.8 Å². The lowest BCUT2D eigenvalue weighted by atomic mass is 10.2. The molecule has 0 saturated heterocycles. The molecule has 0 fully saturated rings. The minimum absolute atomic E-state index is 0.872. The highest BCUT2D eigenvalue weighted by molar-refractivity contribution is 7.94. The molecule has 0 aromatic heterocycles. The zero-order valence-electron chi connectivity index (χ0n) is 19.0. The van der Waals surface area contributed by atoms with E-state index in [0.29, 0.717) is 0 Å². The van der Waals surface area contributed by atoms with Gasteiger partial charge in [0.2, 0.25) is 0 Å². The molecule has 0 N–H and O–H groups in total. The quantitative estimate of drug-likeness (QED) is 0.315. The lowest BCUT2D eigenvalue weighted by molar-refractivity contribution is 0.415. The molecule has 3 aromatic carbocycles. The third-order valence-corrected chi connectivity index (χ3v) is 9.79. The summed E-state index contributed by atoms with van der Waals surface area (Å²) in [5.41, 5.74) is 0. The second-order valence-corrected chi connectivity index (χ2v) is 10.9. The number of ether oxygens (including phenoxy) is 3. The maximum absolute atomic E-state index is 5.44. The minimum Gasteiger partial charge on any atom is -0.497 e. The molecule has 0 amide bonds. The Kier molecular flexibility index (Phi) is 8.26. The highest BCUT2D eigenvalue weighted by atomic mass is 31.2. The summed E-state index contributed by atoms with van der Waals surface area (Å²) in [4.78, 5) is 0. The lowest BCUT2D eigenvalue weighted by Crippen LogP contribution is -2.27. The van der Waals surface area contributed by atoms with Crippen molar-refractivity contribution in [2.24, 2.45) is 0 Å². The van der Waals surface area contributed by atoms with Crippen LogP contribution in [-0.2, 0) is 0 Å². The molecule has 3 aromatic rings. The van der Waals surface area contributed by atoms with Crippen molar-refractivity contribution in [3.63, 3.8) is 0 Å². The van der Waals surface area contributed by atoms with Crippen molar-refractivity contribution in [3.8, 4) is 17.2 Å². The van der Waals surface area contributed by atoms with Gasteiger partial charge in [-0.1, -0.05) is 62.0 Å². The Hall–Kier alpha value is -2.64. The van der Waals surface area contributed by atoms with Crippen LogP contribution in [0.1, 0.15) is 32.6 Å². The number of benzene rings is 3. The average molecular weight is 437 g/mol. The van der Waals surface area contributed by atoms with E-state index in [1.165, 1.54) is 35.2 Å². The fourth-order valence-electron chi connectivity index (χ4n) is 3.89. The Morgan fingerprint density at radius 3 is 1.23 bits per heavy atom. The van der Waals surface area contributed by atoms with Crippen LogP contribution in [0.5, 0.6) is 17.2 Å². The molecule has 3 rings (SSSR count). The molecule has 0 atom stereocenters. The van der Waals surface area contributed by atoms with Gasteiger partial charge in [0.05, 0.1) is 21.3 Å². The standard InChI is InChI=1S/C27H33O3P/c1-5-6-7-8-21-31(25-15-9-22(28-2)10-16-25,26-17-11-23(29-3)12-18-26)27-19-13-24(30-4)14-20-27/h9-21H,5-8H2,1-4H3. The SMILES string of the molecule is CCCCCC=P(c1ccc(OC)cc1)(c1ccc(OC)cc1)c1ccc(OC)cc1. The maximum atomic E-state index is 5.44.